The van der Waals surface area contributed by atoms with Gasteiger partial charge in [-0.25, -0.2) is 4.39 Å². The molecular weight excluding hydrogens is 311 g/mol. The Balaban J connectivity index is 2.97. The van der Waals surface area contributed by atoms with E-state index in [1.807, 2.05) is 6.07 Å². The number of alkyl halides is 1. The first kappa shape index (κ1) is 15.9. The van der Waals surface area contributed by atoms with E-state index < -0.39 is 8.32 Å². The molecule has 0 N–H and O–H groups in total. The molecule has 1 aromatic carbocycles. The quantitative estimate of drug-likeness (QED) is 0.538. The maximum Gasteiger partial charge on any atom is 0.192 e. The SMILES string of the molecule is CC(C)(C)[Si](C)(C)O[C@@H](CBr)c1ccccc1F. The van der Waals surface area contributed by atoms with Gasteiger partial charge in [0.15, 0.2) is 8.32 Å². The van der Waals surface area contributed by atoms with E-state index in [0.29, 0.717) is 10.9 Å². The van der Waals surface area contributed by atoms with Crippen LogP contribution in [-0.4, -0.2) is 13.6 Å². The van der Waals surface area contributed by atoms with Gasteiger partial charge in [0.25, 0.3) is 0 Å². The minimum absolute atomic E-state index is 0.124. The molecule has 0 heterocycles. The van der Waals surface area contributed by atoms with Gasteiger partial charge in [0.1, 0.15) is 5.82 Å². The summed E-state index contributed by atoms with van der Waals surface area (Å²) in [6.07, 6.45) is -0.216. The van der Waals surface area contributed by atoms with Crippen LogP contribution in [0.3, 0.4) is 0 Å². The van der Waals surface area contributed by atoms with Crippen LogP contribution in [0.5, 0.6) is 0 Å². The van der Waals surface area contributed by atoms with Crippen molar-refractivity contribution >= 4 is 24.2 Å². The third kappa shape index (κ3) is 3.65. The van der Waals surface area contributed by atoms with Crippen LogP contribution in [0.2, 0.25) is 18.1 Å². The van der Waals surface area contributed by atoms with Crippen LogP contribution in [0.4, 0.5) is 4.39 Å². The summed E-state index contributed by atoms with van der Waals surface area (Å²) in [6, 6.07) is 6.84. The minimum Gasteiger partial charge on any atom is -0.409 e. The highest BCUT2D eigenvalue weighted by atomic mass is 79.9. The number of halogens is 2. The molecule has 0 aliphatic rings. The van der Waals surface area contributed by atoms with Crippen LogP contribution >= 0.6 is 15.9 Å². The lowest BCUT2D eigenvalue weighted by Crippen LogP contribution is -2.42. The molecule has 0 amide bonds. The summed E-state index contributed by atoms with van der Waals surface area (Å²) >= 11 is 3.44. The molecule has 0 bridgehead atoms. The molecule has 0 saturated carbocycles. The lowest BCUT2D eigenvalue weighted by molar-refractivity contribution is 0.204. The first-order valence-electron chi connectivity index (χ1n) is 6.17. The van der Waals surface area contributed by atoms with Gasteiger partial charge in [-0.2, -0.15) is 0 Å². The van der Waals surface area contributed by atoms with E-state index in [-0.39, 0.29) is 17.0 Å². The molecular formula is C14H22BrFOSi. The first-order chi connectivity index (χ1) is 8.19. The topological polar surface area (TPSA) is 9.23 Å². The van der Waals surface area contributed by atoms with Crippen LogP contribution in [0.15, 0.2) is 24.3 Å². The molecule has 102 valence electrons. The molecule has 1 nitrogen and oxygen atoms in total. The average Bonchev–Trinajstić information content (AvgIpc) is 2.25. The fourth-order valence-electron chi connectivity index (χ4n) is 1.45. The normalized spacial score (nSPS) is 14.6. The fraction of sp³-hybridized carbons (Fsp3) is 0.571. The van der Waals surface area contributed by atoms with Crippen LogP contribution in [0.1, 0.15) is 32.4 Å². The van der Waals surface area contributed by atoms with Gasteiger partial charge in [0.2, 0.25) is 0 Å². The molecule has 0 spiro atoms. The molecule has 1 atom stereocenters. The molecule has 0 fully saturated rings. The summed E-state index contributed by atoms with van der Waals surface area (Å²) < 4.78 is 20.1. The van der Waals surface area contributed by atoms with Gasteiger partial charge in [-0.05, 0) is 24.2 Å². The van der Waals surface area contributed by atoms with Crippen molar-refractivity contribution in [1.82, 2.24) is 0 Å². The molecule has 0 unspecified atom stereocenters. The van der Waals surface area contributed by atoms with Crippen molar-refractivity contribution in [3.63, 3.8) is 0 Å². The Hall–Kier alpha value is -0.193. The van der Waals surface area contributed by atoms with Crippen LogP contribution in [0, 0.1) is 5.82 Å². The van der Waals surface area contributed by atoms with Gasteiger partial charge in [0.05, 0.1) is 6.10 Å². The van der Waals surface area contributed by atoms with E-state index in [4.69, 9.17) is 4.43 Å². The highest BCUT2D eigenvalue weighted by Crippen LogP contribution is 2.40. The van der Waals surface area contributed by atoms with Crippen LogP contribution in [0.25, 0.3) is 0 Å². The standard InChI is InChI=1S/C14H22BrFOSi/c1-14(2,3)18(4,5)17-13(10-15)11-8-6-7-9-12(11)16/h6-9,13H,10H2,1-5H3/t13-/m0/s1. The van der Waals surface area contributed by atoms with Gasteiger partial charge >= 0.3 is 0 Å². The second kappa shape index (κ2) is 5.84. The maximum atomic E-state index is 13.8. The van der Waals surface area contributed by atoms with Crippen molar-refractivity contribution < 1.29 is 8.82 Å². The Bertz CT molecular complexity index is 401. The van der Waals surface area contributed by atoms with Crippen LogP contribution in [-0.2, 0) is 4.43 Å². The number of hydrogen-bond acceptors (Lipinski definition) is 1. The van der Waals surface area contributed by atoms with E-state index in [2.05, 4.69) is 49.8 Å². The minimum atomic E-state index is -1.89. The molecule has 0 aliphatic carbocycles. The second-order valence-electron chi connectivity index (χ2n) is 6.04. The molecule has 1 aromatic rings. The highest BCUT2D eigenvalue weighted by Gasteiger charge is 2.39. The van der Waals surface area contributed by atoms with Crippen molar-refractivity contribution in [1.29, 1.82) is 0 Å². The Morgan fingerprint density at radius 1 is 1.28 bits per heavy atom. The van der Waals surface area contributed by atoms with Crippen molar-refractivity contribution in [3.8, 4) is 0 Å². The maximum absolute atomic E-state index is 13.8. The van der Waals surface area contributed by atoms with Gasteiger partial charge < -0.3 is 4.43 Å². The number of benzene rings is 1. The van der Waals surface area contributed by atoms with Crippen LogP contribution < -0.4 is 0 Å². The highest BCUT2D eigenvalue weighted by molar-refractivity contribution is 9.09. The molecule has 0 aliphatic heterocycles. The zero-order valence-corrected chi connectivity index (χ0v) is 14.3. The summed E-state index contributed by atoms with van der Waals surface area (Å²) in [5, 5.41) is 0.735. The van der Waals surface area contributed by atoms with Gasteiger partial charge in [0, 0.05) is 10.9 Å². The zero-order chi connectivity index (χ0) is 14.0. The van der Waals surface area contributed by atoms with E-state index in [1.54, 1.807) is 12.1 Å². The number of hydrogen-bond donors (Lipinski definition) is 0. The Labute approximate surface area is 119 Å². The Morgan fingerprint density at radius 2 is 1.83 bits per heavy atom. The summed E-state index contributed by atoms with van der Waals surface area (Å²) in [4.78, 5) is 0. The molecule has 4 heteroatoms. The van der Waals surface area contributed by atoms with Gasteiger partial charge in [-0.1, -0.05) is 54.9 Å². The van der Waals surface area contributed by atoms with Gasteiger partial charge in [-0.15, -0.1) is 0 Å². The second-order valence-corrected chi connectivity index (χ2v) is 11.4. The molecule has 0 radical (unpaired) electrons. The van der Waals surface area contributed by atoms with Crippen molar-refractivity contribution in [2.45, 2.75) is 45.0 Å². The van der Waals surface area contributed by atoms with E-state index in [0.717, 1.165) is 0 Å². The molecule has 0 saturated heterocycles. The lowest BCUT2D eigenvalue weighted by atomic mass is 10.1. The van der Waals surface area contributed by atoms with Crippen molar-refractivity contribution in [2.24, 2.45) is 0 Å². The van der Waals surface area contributed by atoms with E-state index >= 15 is 0 Å². The first-order valence-corrected chi connectivity index (χ1v) is 10.2. The third-order valence-corrected chi connectivity index (χ3v) is 8.71. The largest absolute Gasteiger partial charge is 0.409 e. The Kier molecular flexibility index (Phi) is 5.15. The summed E-state index contributed by atoms with van der Waals surface area (Å²) in [5.74, 6) is -0.194. The van der Waals surface area contributed by atoms with E-state index in [9.17, 15) is 4.39 Å². The predicted octanol–water partition coefficient (Wildman–Crippen LogP) is 5.28. The predicted molar refractivity (Wildman–Crippen MR) is 81.2 cm³/mol. The monoisotopic (exact) mass is 332 g/mol. The summed E-state index contributed by atoms with van der Waals surface area (Å²) in [7, 11) is -1.89. The molecule has 1 rings (SSSR count). The number of rotatable bonds is 4. The average molecular weight is 333 g/mol. The lowest BCUT2D eigenvalue weighted by Gasteiger charge is -2.39. The molecule has 18 heavy (non-hydrogen) atoms. The van der Waals surface area contributed by atoms with Crippen molar-refractivity contribution in [2.75, 3.05) is 5.33 Å². The zero-order valence-electron chi connectivity index (χ0n) is 11.8. The summed E-state index contributed by atoms with van der Waals surface area (Å²) in [5.41, 5.74) is 0.638. The third-order valence-electron chi connectivity index (χ3n) is 3.64. The fourth-order valence-corrected chi connectivity index (χ4v) is 3.45. The molecule has 0 aromatic heterocycles. The Morgan fingerprint density at radius 3 is 2.28 bits per heavy atom. The van der Waals surface area contributed by atoms with Gasteiger partial charge in [-0.3, -0.25) is 0 Å². The van der Waals surface area contributed by atoms with Crippen molar-refractivity contribution in [3.05, 3.63) is 35.6 Å². The summed E-state index contributed by atoms with van der Waals surface area (Å²) in [6.45, 7) is 10.9. The smallest absolute Gasteiger partial charge is 0.192 e. The van der Waals surface area contributed by atoms with E-state index in [1.165, 1.54) is 6.07 Å².